The van der Waals surface area contributed by atoms with Crippen molar-refractivity contribution in [3.05, 3.63) is 35.4 Å². The maximum absolute atomic E-state index is 12.0. The van der Waals surface area contributed by atoms with Crippen LogP contribution in [0.1, 0.15) is 43.9 Å². The Bertz CT molecular complexity index is 496. The van der Waals surface area contributed by atoms with Gasteiger partial charge in [0.15, 0.2) is 0 Å². The zero-order valence-corrected chi connectivity index (χ0v) is 12.3. The zero-order valence-electron chi connectivity index (χ0n) is 12.3. The minimum absolute atomic E-state index is 0.0898. The molecule has 1 saturated heterocycles. The summed E-state index contributed by atoms with van der Waals surface area (Å²) in [5, 5.41) is 3.33. The summed E-state index contributed by atoms with van der Waals surface area (Å²) in [4.78, 5) is 24.7. The highest BCUT2D eigenvalue weighted by atomic mass is 16.2. The van der Waals surface area contributed by atoms with E-state index >= 15 is 0 Å². The molecule has 1 aromatic carbocycles. The molecule has 1 aromatic rings. The van der Waals surface area contributed by atoms with Gasteiger partial charge in [0, 0.05) is 19.5 Å². The Labute approximate surface area is 120 Å². The third kappa shape index (κ3) is 3.07. The highest BCUT2D eigenvalue weighted by molar-refractivity contribution is 6.00. The molecule has 0 bridgehead atoms. The van der Waals surface area contributed by atoms with Gasteiger partial charge < -0.3 is 0 Å². The van der Waals surface area contributed by atoms with Crippen molar-refractivity contribution in [2.45, 2.75) is 45.2 Å². The van der Waals surface area contributed by atoms with Crippen molar-refractivity contribution in [1.82, 2.24) is 10.2 Å². The first-order chi connectivity index (χ1) is 9.52. The van der Waals surface area contributed by atoms with Gasteiger partial charge >= 0.3 is 0 Å². The van der Waals surface area contributed by atoms with Crippen LogP contribution in [0.25, 0.3) is 0 Å². The molecule has 0 saturated carbocycles. The minimum atomic E-state index is -0.265. The predicted molar refractivity (Wildman–Crippen MR) is 78.2 cm³/mol. The molecular formula is C16H22N2O2. The van der Waals surface area contributed by atoms with E-state index in [0.29, 0.717) is 12.8 Å². The Morgan fingerprint density at radius 3 is 2.55 bits per heavy atom. The van der Waals surface area contributed by atoms with Gasteiger partial charge in [-0.15, -0.1) is 0 Å². The van der Waals surface area contributed by atoms with Crippen molar-refractivity contribution in [2.75, 3.05) is 7.05 Å². The number of piperidine rings is 1. The van der Waals surface area contributed by atoms with Crippen LogP contribution in [-0.2, 0) is 16.0 Å². The summed E-state index contributed by atoms with van der Waals surface area (Å²) >= 11 is 0. The number of carbonyl (C=O) groups is 2. The first-order valence-electron chi connectivity index (χ1n) is 7.18. The summed E-state index contributed by atoms with van der Waals surface area (Å²) in [5.41, 5.74) is 2.47. The van der Waals surface area contributed by atoms with Crippen molar-refractivity contribution in [1.29, 1.82) is 0 Å². The Morgan fingerprint density at radius 2 is 1.95 bits per heavy atom. The lowest BCUT2D eigenvalue weighted by Crippen LogP contribution is -2.51. The summed E-state index contributed by atoms with van der Waals surface area (Å²) < 4.78 is 0. The first kappa shape index (κ1) is 14.7. The van der Waals surface area contributed by atoms with Crippen LogP contribution >= 0.6 is 0 Å². The molecule has 0 radical (unpaired) electrons. The number of nitrogens with zero attached hydrogens (tertiary/aromatic N) is 1. The molecule has 1 heterocycles. The summed E-state index contributed by atoms with van der Waals surface area (Å²) in [5.74, 6) is -0.216. The lowest BCUT2D eigenvalue weighted by Gasteiger charge is -2.30. The number of amides is 2. The second-order valence-electron chi connectivity index (χ2n) is 5.37. The summed E-state index contributed by atoms with van der Waals surface area (Å²) in [6, 6.07) is 8.25. The number of benzene rings is 1. The maximum atomic E-state index is 12.0. The van der Waals surface area contributed by atoms with Crippen molar-refractivity contribution in [2.24, 2.45) is 0 Å². The fourth-order valence-corrected chi connectivity index (χ4v) is 2.51. The van der Waals surface area contributed by atoms with Crippen LogP contribution in [-0.4, -0.2) is 29.8 Å². The highest BCUT2D eigenvalue weighted by Gasteiger charge is 2.32. The third-order valence-corrected chi connectivity index (χ3v) is 3.99. The molecule has 4 nitrogen and oxygen atoms in total. The molecule has 1 aliphatic rings. The Hall–Kier alpha value is -1.68. The summed E-state index contributed by atoms with van der Waals surface area (Å²) in [6.45, 7) is 4.18. The molecule has 2 amide bonds. The summed E-state index contributed by atoms with van der Waals surface area (Å²) in [6.07, 6.45) is 2.04. The zero-order chi connectivity index (χ0) is 14.7. The third-order valence-electron chi connectivity index (χ3n) is 3.99. The summed E-state index contributed by atoms with van der Waals surface area (Å²) in [7, 11) is 1.55. The number of likely N-dealkylation sites (N-methyl/N-ethyl adjacent to an activating group) is 1. The van der Waals surface area contributed by atoms with Crippen LogP contribution in [0.4, 0.5) is 0 Å². The average molecular weight is 274 g/mol. The quantitative estimate of drug-likeness (QED) is 0.855. The molecule has 4 heteroatoms. The topological polar surface area (TPSA) is 49.4 Å². The molecular weight excluding hydrogens is 252 g/mol. The van der Waals surface area contributed by atoms with Crippen LogP contribution in [0.5, 0.6) is 0 Å². The van der Waals surface area contributed by atoms with Gasteiger partial charge in [-0.05, 0) is 30.9 Å². The van der Waals surface area contributed by atoms with E-state index in [1.165, 1.54) is 10.5 Å². The van der Waals surface area contributed by atoms with Crippen molar-refractivity contribution < 1.29 is 9.59 Å². The van der Waals surface area contributed by atoms with E-state index in [-0.39, 0.29) is 23.9 Å². The molecule has 1 fully saturated rings. The molecule has 2 unspecified atom stereocenters. The number of hydrogen-bond acceptors (Lipinski definition) is 3. The van der Waals surface area contributed by atoms with E-state index in [9.17, 15) is 9.59 Å². The maximum Gasteiger partial charge on any atom is 0.246 e. The standard InChI is InChI=1S/C16H22N2O2/c1-4-12-5-7-13(8-6-12)11(2)17-14-9-10-15(19)18(3)16(14)20/h5-8,11,14,17H,4,9-10H2,1-3H3. The number of likely N-dealkylation sites (tertiary alicyclic amines) is 1. The number of hydrogen-bond donors (Lipinski definition) is 1. The first-order valence-corrected chi connectivity index (χ1v) is 7.18. The Kier molecular flexibility index (Phi) is 4.55. The number of nitrogens with one attached hydrogen (secondary N) is 1. The van der Waals surface area contributed by atoms with Crippen molar-refractivity contribution in [3.63, 3.8) is 0 Å². The fraction of sp³-hybridized carbons (Fsp3) is 0.500. The van der Waals surface area contributed by atoms with Gasteiger partial charge in [0.2, 0.25) is 11.8 Å². The monoisotopic (exact) mass is 274 g/mol. The van der Waals surface area contributed by atoms with E-state index in [2.05, 4.69) is 36.5 Å². The second kappa shape index (κ2) is 6.18. The lowest BCUT2D eigenvalue weighted by molar-refractivity contribution is -0.148. The van der Waals surface area contributed by atoms with E-state index in [0.717, 1.165) is 12.0 Å². The SMILES string of the molecule is CCc1ccc(C(C)NC2CCC(=O)N(C)C2=O)cc1. The van der Waals surface area contributed by atoms with Crippen LogP contribution in [0.3, 0.4) is 0 Å². The second-order valence-corrected chi connectivity index (χ2v) is 5.37. The number of rotatable bonds is 4. The van der Waals surface area contributed by atoms with Gasteiger partial charge in [0.25, 0.3) is 0 Å². The normalized spacial score (nSPS) is 21.1. The predicted octanol–water partition coefficient (Wildman–Crippen LogP) is 2.05. The molecule has 0 spiro atoms. The molecule has 108 valence electrons. The molecule has 2 atom stereocenters. The Balaban J connectivity index is 2.01. The molecule has 0 aliphatic carbocycles. The van der Waals surface area contributed by atoms with Crippen molar-refractivity contribution in [3.8, 4) is 0 Å². The van der Waals surface area contributed by atoms with Crippen LogP contribution in [0.2, 0.25) is 0 Å². The molecule has 0 aromatic heterocycles. The van der Waals surface area contributed by atoms with Gasteiger partial charge in [-0.2, -0.15) is 0 Å². The van der Waals surface area contributed by atoms with E-state index in [1.54, 1.807) is 7.05 Å². The van der Waals surface area contributed by atoms with Gasteiger partial charge in [0.05, 0.1) is 6.04 Å². The molecule has 1 aliphatic heterocycles. The van der Waals surface area contributed by atoms with E-state index < -0.39 is 0 Å². The highest BCUT2D eigenvalue weighted by Crippen LogP contribution is 2.18. The van der Waals surface area contributed by atoms with Crippen molar-refractivity contribution >= 4 is 11.8 Å². The van der Waals surface area contributed by atoms with Gasteiger partial charge in [-0.1, -0.05) is 31.2 Å². The van der Waals surface area contributed by atoms with Gasteiger partial charge in [0.1, 0.15) is 0 Å². The van der Waals surface area contributed by atoms with Gasteiger partial charge in [-0.3, -0.25) is 19.8 Å². The average Bonchev–Trinajstić information content (AvgIpc) is 2.48. The number of aryl methyl sites for hydroxylation is 1. The Morgan fingerprint density at radius 1 is 1.30 bits per heavy atom. The number of carbonyl (C=O) groups excluding carboxylic acids is 2. The fourth-order valence-electron chi connectivity index (χ4n) is 2.51. The number of imide groups is 1. The van der Waals surface area contributed by atoms with E-state index in [1.807, 2.05) is 6.92 Å². The largest absolute Gasteiger partial charge is 0.299 e. The van der Waals surface area contributed by atoms with Crippen LogP contribution in [0.15, 0.2) is 24.3 Å². The lowest BCUT2D eigenvalue weighted by atomic mass is 10.0. The van der Waals surface area contributed by atoms with Crippen LogP contribution in [0, 0.1) is 0 Å². The van der Waals surface area contributed by atoms with Crippen LogP contribution < -0.4 is 5.32 Å². The minimum Gasteiger partial charge on any atom is -0.299 e. The molecule has 2 rings (SSSR count). The molecule has 20 heavy (non-hydrogen) atoms. The molecule has 1 N–H and O–H groups in total. The smallest absolute Gasteiger partial charge is 0.246 e. The van der Waals surface area contributed by atoms with E-state index in [4.69, 9.17) is 0 Å². The van der Waals surface area contributed by atoms with Gasteiger partial charge in [-0.25, -0.2) is 0 Å².